The summed E-state index contributed by atoms with van der Waals surface area (Å²) in [7, 11) is 0. The number of Topliss-reactive ketones (excluding diaryl/α,β-unsaturated/α-hetero) is 1. The van der Waals surface area contributed by atoms with E-state index >= 15 is 0 Å². The maximum Gasteiger partial charge on any atom is 0.340 e. The van der Waals surface area contributed by atoms with E-state index in [2.05, 4.69) is 0 Å². The second-order valence-electron chi connectivity index (χ2n) is 9.51. The molecule has 1 aromatic rings. The molecule has 0 amide bonds. The molecule has 1 aromatic carbocycles. The Balaban J connectivity index is 1.70. The van der Waals surface area contributed by atoms with E-state index in [-0.39, 0.29) is 24.7 Å². The number of aliphatic hydroxyl groups is 2. The predicted octanol–water partition coefficient (Wildman–Crippen LogP) is 2.08. The average Bonchev–Trinajstić information content (AvgIpc) is 3.07. The molecule has 0 aromatic heterocycles. The Kier molecular flexibility index (Phi) is 3.29. The minimum absolute atomic E-state index is 0.0549. The van der Waals surface area contributed by atoms with Crippen LogP contribution in [-0.4, -0.2) is 46.1 Å². The highest BCUT2D eigenvalue weighted by atomic mass is 16.7. The van der Waals surface area contributed by atoms with E-state index in [1.165, 1.54) is 0 Å². The number of benzene rings is 1. The molecule has 1 aliphatic heterocycles. The zero-order valence-electron chi connectivity index (χ0n) is 16.4. The van der Waals surface area contributed by atoms with E-state index in [1.54, 1.807) is 37.3 Å². The van der Waals surface area contributed by atoms with Gasteiger partial charge in [0.1, 0.15) is 17.3 Å². The van der Waals surface area contributed by atoms with Crippen molar-refractivity contribution >= 4 is 11.8 Å². The zero-order chi connectivity index (χ0) is 20.2. The molecule has 7 atom stereocenters. The number of hydrogen-bond acceptors (Lipinski definition) is 6. The van der Waals surface area contributed by atoms with Gasteiger partial charge in [-0.15, -0.1) is 0 Å². The minimum atomic E-state index is -1.80. The second-order valence-corrected chi connectivity index (χ2v) is 9.51. The van der Waals surface area contributed by atoms with Crippen molar-refractivity contribution in [1.82, 2.24) is 0 Å². The molecule has 4 aliphatic carbocycles. The van der Waals surface area contributed by atoms with Gasteiger partial charge in [-0.3, -0.25) is 4.79 Å². The van der Waals surface area contributed by atoms with Gasteiger partial charge < -0.3 is 19.7 Å². The molecule has 28 heavy (non-hydrogen) atoms. The van der Waals surface area contributed by atoms with Crippen molar-refractivity contribution in [2.24, 2.45) is 22.2 Å². The topological polar surface area (TPSA) is 93.1 Å². The van der Waals surface area contributed by atoms with Crippen molar-refractivity contribution in [3.05, 3.63) is 35.9 Å². The Morgan fingerprint density at radius 2 is 1.93 bits per heavy atom. The smallest absolute Gasteiger partial charge is 0.340 e. The first-order valence-electron chi connectivity index (χ1n) is 9.97. The fraction of sp³-hybridized carbons (Fsp3) is 0.636. The van der Waals surface area contributed by atoms with Crippen LogP contribution in [0.3, 0.4) is 0 Å². The van der Waals surface area contributed by atoms with Gasteiger partial charge in [0.15, 0.2) is 0 Å². The van der Waals surface area contributed by atoms with Crippen LogP contribution in [-0.2, 0) is 14.3 Å². The van der Waals surface area contributed by atoms with Crippen molar-refractivity contribution in [2.75, 3.05) is 6.61 Å². The number of ether oxygens (including phenoxy) is 2. The van der Waals surface area contributed by atoms with Crippen molar-refractivity contribution < 1.29 is 29.3 Å². The minimum Gasteiger partial charge on any atom is -0.425 e. The summed E-state index contributed by atoms with van der Waals surface area (Å²) in [4.78, 5) is 26.4. The average molecular weight is 386 g/mol. The largest absolute Gasteiger partial charge is 0.425 e. The second kappa shape index (κ2) is 5.04. The van der Waals surface area contributed by atoms with E-state index in [0.29, 0.717) is 18.4 Å². The maximum absolute atomic E-state index is 13.4. The number of aliphatic hydroxyl groups excluding tert-OH is 1. The molecule has 6 heteroatoms. The Morgan fingerprint density at radius 3 is 2.61 bits per heavy atom. The third-order valence-corrected chi connectivity index (χ3v) is 8.99. The fourth-order valence-electron chi connectivity index (χ4n) is 7.08. The van der Waals surface area contributed by atoms with Gasteiger partial charge in [-0.05, 0) is 37.8 Å². The van der Waals surface area contributed by atoms with Crippen molar-refractivity contribution in [3.63, 3.8) is 0 Å². The van der Waals surface area contributed by atoms with Gasteiger partial charge in [0, 0.05) is 17.3 Å². The molecule has 4 saturated carbocycles. The molecular formula is C22H26O6. The van der Waals surface area contributed by atoms with E-state index in [4.69, 9.17) is 9.47 Å². The molecule has 5 fully saturated rings. The highest BCUT2D eigenvalue weighted by Crippen LogP contribution is 2.80. The first-order valence-corrected chi connectivity index (χ1v) is 9.97. The number of carbonyl (C=O) groups excluding carboxylic acids is 2. The van der Waals surface area contributed by atoms with Gasteiger partial charge >= 0.3 is 5.97 Å². The van der Waals surface area contributed by atoms with E-state index in [9.17, 15) is 19.8 Å². The molecule has 4 bridgehead atoms. The molecule has 6 nitrogen and oxygen atoms in total. The van der Waals surface area contributed by atoms with Crippen LogP contribution in [0.4, 0.5) is 0 Å². The van der Waals surface area contributed by atoms with Crippen LogP contribution < -0.4 is 0 Å². The lowest BCUT2D eigenvalue weighted by molar-refractivity contribution is -0.366. The molecule has 1 spiro atoms. The molecule has 150 valence electrons. The predicted molar refractivity (Wildman–Crippen MR) is 98.2 cm³/mol. The molecule has 1 heterocycles. The highest BCUT2D eigenvalue weighted by molar-refractivity contribution is 5.94. The normalized spacial score (nSPS) is 51.2. The van der Waals surface area contributed by atoms with Gasteiger partial charge in [-0.2, -0.15) is 0 Å². The summed E-state index contributed by atoms with van der Waals surface area (Å²) in [6, 6.07) is 8.48. The van der Waals surface area contributed by atoms with Crippen LogP contribution in [0.1, 0.15) is 50.4 Å². The number of esters is 1. The SMILES string of the molecule is C[C@@H]1CC[C@]2(O)[C@@]13CC(=O)[C@@]1(C)C(OC(=O)c4ccccc4)(OC[C@@]21C)[C@H]3O. The van der Waals surface area contributed by atoms with E-state index in [0.717, 1.165) is 0 Å². The lowest BCUT2D eigenvalue weighted by atomic mass is 9.35. The lowest BCUT2D eigenvalue weighted by Gasteiger charge is -2.70. The van der Waals surface area contributed by atoms with Crippen LogP contribution in [0.5, 0.6) is 0 Å². The molecule has 1 saturated heterocycles. The van der Waals surface area contributed by atoms with E-state index < -0.39 is 39.7 Å². The number of hydrogen-bond donors (Lipinski definition) is 2. The highest BCUT2D eigenvalue weighted by Gasteiger charge is 2.92. The van der Waals surface area contributed by atoms with Crippen molar-refractivity contribution in [1.29, 1.82) is 0 Å². The number of fused-ring (bicyclic) bond motifs is 1. The van der Waals surface area contributed by atoms with Crippen molar-refractivity contribution in [2.45, 2.75) is 57.5 Å². The maximum atomic E-state index is 13.4. The third-order valence-electron chi connectivity index (χ3n) is 8.99. The Morgan fingerprint density at radius 1 is 1.25 bits per heavy atom. The van der Waals surface area contributed by atoms with Gasteiger partial charge in [0.2, 0.25) is 0 Å². The summed E-state index contributed by atoms with van der Waals surface area (Å²) in [6.07, 6.45) is -0.00825. The van der Waals surface area contributed by atoms with Crippen molar-refractivity contribution in [3.8, 4) is 0 Å². The van der Waals surface area contributed by atoms with Crippen LogP contribution in [0.2, 0.25) is 0 Å². The van der Waals surface area contributed by atoms with Crippen LogP contribution in [0.15, 0.2) is 30.3 Å². The lowest BCUT2D eigenvalue weighted by Crippen LogP contribution is -2.84. The fourth-order valence-corrected chi connectivity index (χ4v) is 7.08. The van der Waals surface area contributed by atoms with Gasteiger partial charge in [-0.1, -0.05) is 32.0 Å². The summed E-state index contributed by atoms with van der Waals surface area (Å²) in [5.41, 5.74) is -4.28. The molecule has 6 rings (SSSR count). The van der Waals surface area contributed by atoms with Gasteiger partial charge in [-0.25, -0.2) is 4.79 Å². The number of ketones is 1. The van der Waals surface area contributed by atoms with Crippen LogP contribution in [0.25, 0.3) is 0 Å². The van der Waals surface area contributed by atoms with Crippen LogP contribution in [0, 0.1) is 22.2 Å². The molecular weight excluding hydrogens is 360 g/mol. The summed E-state index contributed by atoms with van der Waals surface area (Å²) in [6.45, 7) is 5.55. The Bertz CT molecular complexity index is 884. The monoisotopic (exact) mass is 386 g/mol. The Labute approximate surface area is 163 Å². The van der Waals surface area contributed by atoms with E-state index in [1.807, 2.05) is 13.8 Å². The van der Waals surface area contributed by atoms with Gasteiger partial charge in [0.05, 0.1) is 17.8 Å². The molecule has 1 unspecified atom stereocenters. The first-order chi connectivity index (χ1) is 13.1. The molecule has 5 aliphatic rings. The summed E-state index contributed by atoms with van der Waals surface area (Å²) in [5, 5.41) is 23.5. The summed E-state index contributed by atoms with van der Waals surface area (Å²) < 4.78 is 11.9. The molecule has 0 radical (unpaired) electrons. The zero-order valence-corrected chi connectivity index (χ0v) is 16.4. The van der Waals surface area contributed by atoms with Crippen LogP contribution >= 0.6 is 0 Å². The standard InChI is InChI=1S/C22H26O6/c1-13-9-10-21(26)18(2)12-27-22(28-16(24)14-7-5-4-6-8-14)17(25)20(13,21)11-15(23)19(18,22)3/h4-8,13,17,25-26H,9-12H2,1-3H3/t13-,17+,18-,19-,20+,21-,22?/m1/s1. The van der Waals surface area contributed by atoms with Gasteiger partial charge in [0.25, 0.3) is 5.79 Å². The number of rotatable bonds is 2. The molecule has 2 N–H and O–H groups in total. The number of carbonyl (C=O) groups is 2. The Hall–Kier alpha value is -1.76. The summed E-state index contributed by atoms with van der Waals surface area (Å²) in [5.74, 6) is -2.65. The third kappa shape index (κ3) is 1.51. The first kappa shape index (κ1) is 18.3. The quantitative estimate of drug-likeness (QED) is 0.756. The summed E-state index contributed by atoms with van der Waals surface area (Å²) >= 11 is 0.